The number of ether oxygens (including phenoxy) is 1. The van der Waals surface area contributed by atoms with Gasteiger partial charge in [-0.25, -0.2) is 14.8 Å². The van der Waals surface area contributed by atoms with Gasteiger partial charge in [0.15, 0.2) is 10.8 Å². The topological polar surface area (TPSA) is 175 Å². The van der Waals surface area contributed by atoms with Gasteiger partial charge >= 0.3 is 5.97 Å². The van der Waals surface area contributed by atoms with Crippen LogP contribution < -0.4 is 15.5 Å². The lowest BCUT2D eigenvalue weighted by molar-refractivity contribution is -0.109. The van der Waals surface area contributed by atoms with Crippen LogP contribution in [0.5, 0.6) is 0 Å². The number of pyridine rings is 1. The van der Waals surface area contributed by atoms with Crippen molar-refractivity contribution in [1.29, 1.82) is 0 Å². The number of benzene rings is 2. The summed E-state index contributed by atoms with van der Waals surface area (Å²) in [6, 6.07) is 17.3. The van der Waals surface area contributed by atoms with Gasteiger partial charge in [-0.3, -0.25) is 14.8 Å². The summed E-state index contributed by atoms with van der Waals surface area (Å²) in [7, 11) is 0. The number of amides is 1. The third-order valence-electron chi connectivity index (χ3n) is 12.3. The zero-order valence-electron chi connectivity index (χ0n) is 33.4. The van der Waals surface area contributed by atoms with Crippen molar-refractivity contribution in [2.45, 2.75) is 92.0 Å². The van der Waals surface area contributed by atoms with Gasteiger partial charge < -0.3 is 30.3 Å². The minimum Gasteiger partial charge on any atom is -0.476 e. The van der Waals surface area contributed by atoms with Crippen molar-refractivity contribution in [3.63, 3.8) is 0 Å². The van der Waals surface area contributed by atoms with Crippen molar-refractivity contribution in [2.24, 2.45) is 16.7 Å². The van der Waals surface area contributed by atoms with Crippen LogP contribution in [0.3, 0.4) is 0 Å². The number of carboxylic acid groups (broad SMARTS) is 1. The normalized spacial score (nSPS) is 23.0. The Hall–Kier alpha value is -4.73. The largest absolute Gasteiger partial charge is 0.476 e. The minimum absolute atomic E-state index is 0. The molecule has 0 radical (unpaired) electrons. The van der Waals surface area contributed by atoms with E-state index in [-0.39, 0.29) is 42.6 Å². The van der Waals surface area contributed by atoms with Crippen LogP contribution in [-0.4, -0.2) is 92.0 Å². The first-order chi connectivity index (χ1) is 27.9. The third kappa shape index (κ3) is 9.07. The number of carbonyl (C=O) groups excluding carboxylic acids is 1. The number of nitrogens with one attached hydrogen (secondary N) is 2. The molecule has 5 atom stereocenters. The maximum Gasteiger partial charge on any atom is 0.355 e. The number of carboxylic acids is 1. The number of anilines is 2. The number of para-hydroxylation sites is 1. The van der Waals surface area contributed by atoms with Gasteiger partial charge in [-0.1, -0.05) is 56.9 Å². The molecule has 2 fully saturated rings. The molecule has 8 rings (SSSR count). The lowest BCUT2D eigenvalue weighted by Crippen LogP contribution is -2.49. The van der Waals surface area contributed by atoms with Crippen LogP contribution >= 0.6 is 11.3 Å². The average molecular weight is 824 g/mol. The molecule has 1 amide bonds. The Labute approximate surface area is 349 Å². The maximum absolute atomic E-state index is 13.6. The van der Waals surface area contributed by atoms with E-state index in [4.69, 9.17) is 19.9 Å². The van der Waals surface area contributed by atoms with E-state index in [2.05, 4.69) is 34.1 Å². The van der Waals surface area contributed by atoms with Gasteiger partial charge in [-0.15, -0.1) is 0 Å². The minimum atomic E-state index is -1.11. The van der Waals surface area contributed by atoms with Crippen LogP contribution in [0.1, 0.15) is 91.0 Å². The molecule has 13 nitrogen and oxygen atoms in total. The monoisotopic (exact) mass is 823 g/mol. The molecular weight excluding hydrogens is 767 g/mol. The first-order valence-electron chi connectivity index (χ1n) is 20.3. The van der Waals surface area contributed by atoms with E-state index >= 15 is 0 Å². The molecule has 0 saturated heterocycles. The summed E-state index contributed by atoms with van der Waals surface area (Å²) in [5, 5.41) is 40.8. The van der Waals surface area contributed by atoms with E-state index in [0.717, 1.165) is 71.2 Å². The third-order valence-corrected chi connectivity index (χ3v) is 13.3. The molecule has 5 N–H and O–H groups in total. The number of thiazole rings is 1. The summed E-state index contributed by atoms with van der Waals surface area (Å²) in [6.45, 7) is 9.69. The summed E-state index contributed by atoms with van der Waals surface area (Å²) in [6.07, 6.45) is 7.01. The molecule has 2 aromatic carbocycles. The first kappa shape index (κ1) is 42.4. The number of aliphatic hydroxyl groups excluding tert-OH is 2. The van der Waals surface area contributed by atoms with Crippen LogP contribution in [0, 0.1) is 23.7 Å². The zero-order chi connectivity index (χ0) is 40.6. The van der Waals surface area contributed by atoms with Crippen molar-refractivity contribution in [3.05, 3.63) is 88.9 Å². The average Bonchev–Trinajstić information content (AvgIpc) is 3.77. The van der Waals surface area contributed by atoms with Crippen LogP contribution in [-0.2, 0) is 24.2 Å². The second-order valence-corrected chi connectivity index (χ2v) is 18.2. The summed E-state index contributed by atoms with van der Waals surface area (Å²) in [4.78, 5) is 37.8. The number of fused-ring (bicyclic) bond motifs is 4. The van der Waals surface area contributed by atoms with Gasteiger partial charge in [-0.2, -0.15) is 5.10 Å². The Morgan fingerprint density at radius 2 is 1.88 bits per heavy atom. The highest BCUT2D eigenvalue weighted by molar-refractivity contribution is 7.22. The molecule has 314 valence electrons. The molecule has 1 aliphatic heterocycles. The van der Waals surface area contributed by atoms with E-state index in [0.29, 0.717) is 67.2 Å². The van der Waals surface area contributed by atoms with Crippen molar-refractivity contribution in [1.82, 2.24) is 25.1 Å². The summed E-state index contributed by atoms with van der Waals surface area (Å²) in [5.41, 5.74) is 5.65. The lowest BCUT2D eigenvalue weighted by atomic mass is 9.52. The zero-order valence-corrected chi connectivity index (χ0v) is 34.2. The fourth-order valence-electron chi connectivity index (χ4n) is 10.3. The highest BCUT2D eigenvalue weighted by atomic mass is 32.1. The Balaban J connectivity index is 0.00000528. The lowest BCUT2D eigenvalue weighted by Gasteiger charge is -2.55. The highest BCUT2D eigenvalue weighted by Gasteiger charge is 2.51. The van der Waals surface area contributed by atoms with Gasteiger partial charge in [0.2, 0.25) is 0 Å². The molecule has 2 aliphatic carbocycles. The van der Waals surface area contributed by atoms with Crippen LogP contribution in [0.4, 0.5) is 10.9 Å². The predicted octanol–water partition coefficient (Wildman–Crippen LogP) is 6.95. The van der Waals surface area contributed by atoms with Gasteiger partial charge in [0.05, 0.1) is 41.8 Å². The van der Waals surface area contributed by atoms with Gasteiger partial charge in [0, 0.05) is 55.1 Å². The number of hydrogen-bond acceptors (Lipinski definition) is 11. The van der Waals surface area contributed by atoms with Gasteiger partial charge in [0.1, 0.15) is 5.82 Å². The standard InChI is InChI=1S/C44H53N7O6S.CH4/c1-27-17-43(3)19-31(57-16-14-45-21-30(53)24-52)20-44(18-27,25-43)26-51-28(2)34(22-46-51)32-11-12-38(48-39(32)41(55)56)50-15-13-29-7-6-8-33(35(29)23-50)40(54)49-42-47-36-9-4-5-10-37(36)58-42;/h4-12,22,27,30-31,45,52-53H,13-21,23-26H2,1-3H3,(H,55,56)(H,47,49,54);1H4. The molecular formula is C45H57N7O6S. The fourth-order valence-corrected chi connectivity index (χ4v) is 11.2. The molecule has 14 heteroatoms. The van der Waals surface area contributed by atoms with Crippen molar-refractivity contribution < 1.29 is 29.6 Å². The van der Waals surface area contributed by atoms with E-state index in [1.807, 2.05) is 66.4 Å². The van der Waals surface area contributed by atoms with Gasteiger partial charge in [-0.05, 0) is 104 Å². The van der Waals surface area contributed by atoms with Gasteiger partial charge in [0.25, 0.3) is 5.91 Å². The number of hydrogen-bond donors (Lipinski definition) is 5. The second-order valence-electron chi connectivity index (χ2n) is 17.2. The molecule has 5 unspecified atom stereocenters. The predicted molar refractivity (Wildman–Crippen MR) is 231 cm³/mol. The molecule has 2 saturated carbocycles. The number of aliphatic hydroxyl groups is 2. The summed E-state index contributed by atoms with van der Waals surface area (Å²) >= 11 is 1.43. The number of aromatic nitrogens is 4. The number of nitrogens with zero attached hydrogens (tertiary/aromatic N) is 5. The Morgan fingerprint density at radius 3 is 2.68 bits per heavy atom. The maximum atomic E-state index is 13.6. The molecule has 59 heavy (non-hydrogen) atoms. The van der Waals surface area contributed by atoms with E-state index < -0.39 is 12.1 Å². The van der Waals surface area contributed by atoms with Crippen LogP contribution in [0.2, 0.25) is 0 Å². The number of rotatable bonds is 14. The smallest absolute Gasteiger partial charge is 0.355 e. The molecule has 5 aromatic rings. The Bertz CT molecular complexity index is 2280. The Morgan fingerprint density at radius 1 is 1.05 bits per heavy atom. The van der Waals surface area contributed by atoms with E-state index in [9.17, 15) is 19.8 Å². The number of aromatic carboxylic acids is 1. The molecule has 4 heterocycles. The molecule has 2 bridgehead atoms. The summed E-state index contributed by atoms with van der Waals surface area (Å²) < 4.78 is 9.49. The van der Waals surface area contributed by atoms with Crippen molar-refractivity contribution in [2.75, 3.05) is 43.1 Å². The van der Waals surface area contributed by atoms with E-state index in [1.54, 1.807) is 6.20 Å². The van der Waals surface area contributed by atoms with Crippen molar-refractivity contribution >= 4 is 44.4 Å². The fraction of sp³-hybridized carbons (Fsp3) is 0.489. The first-order valence-corrected chi connectivity index (χ1v) is 21.1. The quantitative estimate of drug-likeness (QED) is 0.0734. The van der Waals surface area contributed by atoms with Crippen LogP contribution in [0.15, 0.2) is 60.8 Å². The molecule has 3 aromatic heterocycles. The van der Waals surface area contributed by atoms with Crippen molar-refractivity contribution in [3.8, 4) is 11.1 Å². The SMILES string of the molecule is C.Cc1c(-c2ccc(N3CCc4cccc(C(=O)Nc5nc6ccccc6s5)c4C3)nc2C(=O)O)cnn1CC12CC(C)CC(C)(CC(OCCNCC(O)CO)C1)C2. The van der Waals surface area contributed by atoms with E-state index in [1.165, 1.54) is 11.3 Å². The Kier molecular flexibility index (Phi) is 12.6. The summed E-state index contributed by atoms with van der Waals surface area (Å²) in [5.74, 6) is -0.231. The number of carbonyl (C=O) groups is 2. The second kappa shape index (κ2) is 17.5. The van der Waals surface area contributed by atoms with Crippen LogP contribution in [0.25, 0.3) is 21.3 Å². The molecule has 3 aliphatic rings. The highest BCUT2D eigenvalue weighted by Crippen LogP contribution is 2.58. The molecule has 0 spiro atoms.